The Kier molecular flexibility index (Phi) is 3.62. The summed E-state index contributed by atoms with van der Waals surface area (Å²) in [5.74, 6) is -0.437. The molecule has 0 aliphatic heterocycles. The molecule has 0 aliphatic carbocycles. The van der Waals surface area contributed by atoms with Crippen LogP contribution in [-0.2, 0) is 16.1 Å². The van der Waals surface area contributed by atoms with Crippen LogP contribution < -0.4 is 0 Å². The van der Waals surface area contributed by atoms with Crippen molar-refractivity contribution in [2.45, 2.75) is 13.5 Å². The smallest absolute Gasteiger partial charge is 0.302 e. The van der Waals surface area contributed by atoms with Crippen LogP contribution in [0.3, 0.4) is 0 Å². The van der Waals surface area contributed by atoms with Crippen LogP contribution >= 0.6 is 11.6 Å². The van der Waals surface area contributed by atoms with Crippen LogP contribution in [0.4, 0.5) is 5.69 Å². The van der Waals surface area contributed by atoms with E-state index in [9.17, 15) is 14.9 Å². The Morgan fingerprint density at radius 2 is 2.27 bits per heavy atom. The van der Waals surface area contributed by atoms with E-state index in [0.717, 1.165) is 0 Å². The molecule has 0 aromatic heterocycles. The van der Waals surface area contributed by atoms with Gasteiger partial charge in [0.25, 0.3) is 5.69 Å². The SMILES string of the molecule is CC(=O)OCc1ccc(Cl)c([N+](=O)[O-])c1. The molecule has 0 saturated carbocycles. The molecule has 0 fully saturated rings. The lowest BCUT2D eigenvalue weighted by Crippen LogP contribution is -1.99. The number of carbonyl (C=O) groups is 1. The molecule has 0 spiro atoms. The Labute approximate surface area is 90.8 Å². The van der Waals surface area contributed by atoms with Gasteiger partial charge in [-0.3, -0.25) is 14.9 Å². The average Bonchev–Trinajstić information content (AvgIpc) is 2.16. The number of carbonyl (C=O) groups excluding carboxylic acids is 1. The van der Waals surface area contributed by atoms with Crippen molar-refractivity contribution in [2.24, 2.45) is 0 Å². The fourth-order valence-electron chi connectivity index (χ4n) is 0.973. The van der Waals surface area contributed by atoms with Gasteiger partial charge in [-0.25, -0.2) is 0 Å². The minimum absolute atomic E-state index is 0.00728. The van der Waals surface area contributed by atoms with E-state index in [1.165, 1.54) is 19.1 Å². The topological polar surface area (TPSA) is 69.4 Å². The Balaban J connectivity index is 2.87. The standard InChI is InChI=1S/C9H8ClNO4/c1-6(12)15-5-7-2-3-8(10)9(4-7)11(13)14/h2-4H,5H2,1H3. The molecule has 15 heavy (non-hydrogen) atoms. The van der Waals surface area contributed by atoms with Gasteiger partial charge in [0.05, 0.1) is 4.92 Å². The van der Waals surface area contributed by atoms with Crippen LogP contribution in [0.1, 0.15) is 12.5 Å². The van der Waals surface area contributed by atoms with Crippen molar-refractivity contribution >= 4 is 23.3 Å². The van der Waals surface area contributed by atoms with E-state index in [0.29, 0.717) is 5.56 Å². The second-order valence-corrected chi connectivity index (χ2v) is 3.23. The average molecular weight is 230 g/mol. The normalized spacial score (nSPS) is 9.73. The highest BCUT2D eigenvalue weighted by Gasteiger charge is 2.12. The Hall–Kier alpha value is -1.62. The number of rotatable bonds is 3. The van der Waals surface area contributed by atoms with Crippen LogP contribution in [0, 0.1) is 10.1 Å². The van der Waals surface area contributed by atoms with E-state index in [2.05, 4.69) is 0 Å². The number of nitro benzene ring substituents is 1. The molecule has 1 aromatic rings. The lowest BCUT2D eigenvalue weighted by atomic mass is 10.2. The highest BCUT2D eigenvalue weighted by molar-refractivity contribution is 6.32. The van der Waals surface area contributed by atoms with Gasteiger partial charge in [0.1, 0.15) is 11.6 Å². The highest BCUT2D eigenvalue weighted by atomic mass is 35.5. The van der Waals surface area contributed by atoms with Gasteiger partial charge >= 0.3 is 5.97 Å². The first-order chi connectivity index (χ1) is 7.00. The lowest BCUT2D eigenvalue weighted by molar-refractivity contribution is -0.384. The minimum atomic E-state index is -0.584. The summed E-state index contributed by atoms with van der Waals surface area (Å²) in [5, 5.41) is 10.6. The highest BCUT2D eigenvalue weighted by Crippen LogP contribution is 2.25. The number of nitro groups is 1. The summed E-state index contributed by atoms with van der Waals surface area (Å²) in [6, 6.07) is 4.25. The molecule has 0 radical (unpaired) electrons. The first kappa shape index (κ1) is 11.5. The molecule has 0 amide bonds. The zero-order chi connectivity index (χ0) is 11.4. The van der Waals surface area contributed by atoms with E-state index < -0.39 is 10.9 Å². The zero-order valence-corrected chi connectivity index (χ0v) is 8.65. The maximum absolute atomic E-state index is 10.5. The van der Waals surface area contributed by atoms with Gasteiger partial charge in [0.15, 0.2) is 0 Å². The monoisotopic (exact) mass is 229 g/mol. The van der Waals surface area contributed by atoms with Crippen LogP contribution in [0.15, 0.2) is 18.2 Å². The fourth-order valence-corrected chi connectivity index (χ4v) is 1.16. The fraction of sp³-hybridized carbons (Fsp3) is 0.222. The van der Waals surface area contributed by atoms with Crippen LogP contribution in [-0.4, -0.2) is 10.9 Å². The van der Waals surface area contributed by atoms with Gasteiger partial charge in [0, 0.05) is 13.0 Å². The third-order valence-electron chi connectivity index (χ3n) is 1.65. The van der Waals surface area contributed by atoms with Crippen LogP contribution in [0.25, 0.3) is 0 Å². The summed E-state index contributed by atoms with van der Waals surface area (Å²) in [6.07, 6.45) is 0. The lowest BCUT2D eigenvalue weighted by Gasteiger charge is -2.02. The number of hydrogen-bond donors (Lipinski definition) is 0. The van der Waals surface area contributed by atoms with Crippen molar-refractivity contribution in [3.8, 4) is 0 Å². The third kappa shape index (κ3) is 3.21. The maximum Gasteiger partial charge on any atom is 0.302 e. The molecule has 0 saturated heterocycles. The predicted molar refractivity (Wildman–Crippen MR) is 53.6 cm³/mol. The summed E-state index contributed by atoms with van der Waals surface area (Å²) in [7, 11) is 0. The molecule has 5 nitrogen and oxygen atoms in total. The second-order valence-electron chi connectivity index (χ2n) is 2.82. The van der Waals surface area contributed by atoms with E-state index in [1.54, 1.807) is 6.07 Å². The summed E-state index contributed by atoms with van der Waals surface area (Å²) >= 11 is 5.60. The molecule has 1 rings (SSSR count). The van der Waals surface area contributed by atoms with E-state index in [4.69, 9.17) is 16.3 Å². The Morgan fingerprint density at radius 3 is 2.80 bits per heavy atom. The second kappa shape index (κ2) is 4.75. The zero-order valence-electron chi connectivity index (χ0n) is 7.90. The Bertz CT molecular complexity index is 405. The quantitative estimate of drug-likeness (QED) is 0.453. The Morgan fingerprint density at radius 1 is 1.60 bits per heavy atom. The number of halogens is 1. The molecule has 0 unspecified atom stereocenters. The summed E-state index contributed by atoms with van der Waals surface area (Å²) in [4.78, 5) is 20.5. The van der Waals surface area contributed by atoms with Crippen molar-refractivity contribution < 1.29 is 14.5 Å². The van der Waals surface area contributed by atoms with Gasteiger partial charge in [-0.15, -0.1) is 0 Å². The van der Waals surface area contributed by atoms with Gasteiger partial charge in [-0.05, 0) is 11.6 Å². The van der Waals surface area contributed by atoms with Gasteiger partial charge in [-0.1, -0.05) is 17.7 Å². The number of hydrogen-bond acceptors (Lipinski definition) is 4. The first-order valence-corrected chi connectivity index (χ1v) is 4.44. The summed E-state index contributed by atoms with van der Waals surface area (Å²) < 4.78 is 4.70. The number of nitrogens with zero attached hydrogens (tertiary/aromatic N) is 1. The van der Waals surface area contributed by atoms with Crippen molar-refractivity contribution in [3.05, 3.63) is 38.9 Å². The molecule has 0 N–H and O–H groups in total. The predicted octanol–water partition coefficient (Wildman–Crippen LogP) is 2.31. The van der Waals surface area contributed by atoms with Crippen molar-refractivity contribution in [2.75, 3.05) is 0 Å². The molecule has 0 aliphatic rings. The summed E-state index contributed by atoms with van der Waals surface area (Å²) in [5.41, 5.74) is 0.336. The molecule has 0 bridgehead atoms. The minimum Gasteiger partial charge on any atom is -0.461 e. The van der Waals surface area contributed by atoms with Gasteiger partial charge in [0.2, 0.25) is 0 Å². The molecular formula is C9H8ClNO4. The van der Waals surface area contributed by atoms with Gasteiger partial charge in [-0.2, -0.15) is 0 Å². The van der Waals surface area contributed by atoms with Crippen molar-refractivity contribution in [3.63, 3.8) is 0 Å². The molecule has 0 atom stereocenters. The molecular weight excluding hydrogens is 222 g/mol. The largest absolute Gasteiger partial charge is 0.461 e. The van der Waals surface area contributed by atoms with Crippen molar-refractivity contribution in [1.82, 2.24) is 0 Å². The van der Waals surface area contributed by atoms with E-state index in [-0.39, 0.29) is 17.3 Å². The molecule has 1 aromatic carbocycles. The van der Waals surface area contributed by atoms with E-state index in [1.807, 2.05) is 0 Å². The molecule has 6 heteroatoms. The molecule has 0 heterocycles. The van der Waals surface area contributed by atoms with E-state index >= 15 is 0 Å². The maximum atomic E-state index is 10.5. The van der Waals surface area contributed by atoms with Crippen LogP contribution in [0.2, 0.25) is 5.02 Å². The summed E-state index contributed by atoms with van der Waals surface area (Å²) in [6.45, 7) is 1.28. The third-order valence-corrected chi connectivity index (χ3v) is 1.97. The molecule has 80 valence electrons. The number of esters is 1. The van der Waals surface area contributed by atoms with Crippen LogP contribution in [0.5, 0.6) is 0 Å². The number of ether oxygens (including phenoxy) is 1. The first-order valence-electron chi connectivity index (χ1n) is 4.07. The number of benzene rings is 1. The van der Waals surface area contributed by atoms with Gasteiger partial charge < -0.3 is 4.74 Å². The van der Waals surface area contributed by atoms with Crippen molar-refractivity contribution in [1.29, 1.82) is 0 Å².